The van der Waals surface area contributed by atoms with Gasteiger partial charge in [0.1, 0.15) is 0 Å². The van der Waals surface area contributed by atoms with Crippen LogP contribution < -0.4 is 16.6 Å². The number of carbonyl (C=O) groups excluding carboxylic acids is 1. The third kappa shape index (κ3) is 2.60. The maximum atomic E-state index is 11.1. The summed E-state index contributed by atoms with van der Waals surface area (Å²) in [5.41, 5.74) is 5.89. The number of hydrogen-bond donors (Lipinski definition) is 3. The molecule has 0 bridgehead atoms. The van der Waals surface area contributed by atoms with E-state index in [1.165, 1.54) is 6.07 Å². The van der Waals surface area contributed by atoms with E-state index in [4.69, 9.17) is 4.79 Å². The standard InChI is InChI=1S/C10H10N2O.CH3NO/c1-11-8-4-2-3-7-5-6-9(13)12-10(7)8;2-1-3/h2-6,11H,1H3,(H,12,13);1H,(H2,2,3). The Labute approximate surface area is 92.3 Å². The lowest BCUT2D eigenvalue weighted by Gasteiger charge is -2.03. The summed E-state index contributed by atoms with van der Waals surface area (Å²) >= 11 is 0. The Bertz CT molecular complexity index is 534. The second kappa shape index (κ2) is 5.55. The lowest BCUT2D eigenvalue weighted by molar-refractivity contribution is -0.106. The van der Waals surface area contributed by atoms with Crippen molar-refractivity contribution in [3.8, 4) is 0 Å². The highest BCUT2D eigenvalue weighted by Crippen LogP contribution is 2.18. The van der Waals surface area contributed by atoms with Crippen LogP contribution in [-0.4, -0.2) is 18.4 Å². The zero-order chi connectivity index (χ0) is 12.0. The Kier molecular flexibility index (Phi) is 4.08. The number of nitrogens with two attached hydrogens (primary N) is 1. The molecule has 0 spiro atoms. The van der Waals surface area contributed by atoms with Gasteiger partial charge < -0.3 is 16.0 Å². The number of carbonyl (C=O) groups is 1. The van der Waals surface area contributed by atoms with Crippen LogP contribution in [-0.2, 0) is 4.79 Å². The molecule has 0 saturated carbocycles. The van der Waals surface area contributed by atoms with Crippen LogP contribution in [0.25, 0.3) is 10.9 Å². The maximum absolute atomic E-state index is 11.1. The number of rotatable bonds is 1. The molecule has 2 rings (SSSR count). The Morgan fingerprint density at radius 2 is 2.00 bits per heavy atom. The zero-order valence-electron chi connectivity index (χ0n) is 8.86. The molecule has 0 saturated heterocycles. The Balaban J connectivity index is 0.000000386. The highest BCUT2D eigenvalue weighted by molar-refractivity contribution is 5.89. The average molecular weight is 219 g/mol. The summed E-state index contributed by atoms with van der Waals surface area (Å²) in [6, 6.07) is 9.19. The summed E-state index contributed by atoms with van der Waals surface area (Å²) in [5, 5.41) is 4.06. The molecule has 1 aromatic carbocycles. The Morgan fingerprint density at radius 3 is 2.62 bits per heavy atom. The van der Waals surface area contributed by atoms with E-state index in [-0.39, 0.29) is 12.0 Å². The molecule has 0 atom stereocenters. The topological polar surface area (TPSA) is 88.0 Å². The van der Waals surface area contributed by atoms with Crippen molar-refractivity contribution in [3.05, 3.63) is 40.7 Å². The summed E-state index contributed by atoms with van der Waals surface area (Å²) < 4.78 is 0. The fourth-order valence-electron chi connectivity index (χ4n) is 1.39. The van der Waals surface area contributed by atoms with E-state index in [1.54, 1.807) is 0 Å². The van der Waals surface area contributed by atoms with Crippen molar-refractivity contribution in [1.29, 1.82) is 0 Å². The van der Waals surface area contributed by atoms with Crippen LogP contribution in [0, 0.1) is 0 Å². The number of benzene rings is 1. The van der Waals surface area contributed by atoms with Gasteiger partial charge in [-0.2, -0.15) is 0 Å². The predicted molar refractivity (Wildman–Crippen MR) is 64.4 cm³/mol. The van der Waals surface area contributed by atoms with E-state index >= 15 is 0 Å². The number of fused-ring (bicyclic) bond motifs is 1. The highest BCUT2D eigenvalue weighted by atomic mass is 16.1. The van der Waals surface area contributed by atoms with E-state index in [0.717, 1.165) is 16.6 Å². The fourth-order valence-corrected chi connectivity index (χ4v) is 1.39. The van der Waals surface area contributed by atoms with Crippen LogP contribution in [0.3, 0.4) is 0 Å². The molecule has 5 heteroatoms. The smallest absolute Gasteiger partial charge is 0.248 e. The first kappa shape index (κ1) is 11.8. The number of primary amides is 1. The van der Waals surface area contributed by atoms with Gasteiger partial charge >= 0.3 is 0 Å². The van der Waals surface area contributed by atoms with Gasteiger partial charge in [-0.1, -0.05) is 12.1 Å². The van der Waals surface area contributed by atoms with E-state index in [9.17, 15) is 4.79 Å². The number of hydrogen-bond acceptors (Lipinski definition) is 3. The largest absolute Gasteiger partial charge is 0.386 e. The van der Waals surface area contributed by atoms with Crippen molar-refractivity contribution < 1.29 is 4.79 Å². The van der Waals surface area contributed by atoms with Crippen molar-refractivity contribution in [2.45, 2.75) is 0 Å². The van der Waals surface area contributed by atoms with Gasteiger partial charge in [-0.25, -0.2) is 0 Å². The van der Waals surface area contributed by atoms with Crippen molar-refractivity contribution in [3.63, 3.8) is 0 Å². The number of anilines is 1. The van der Waals surface area contributed by atoms with Crippen molar-refractivity contribution >= 4 is 23.0 Å². The molecule has 0 fully saturated rings. The molecule has 5 nitrogen and oxygen atoms in total. The van der Waals surface area contributed by atoms with Gasteiger partial charge in [0.05, 0.1) is 11.2 Å². The first-order valence-electron chi connectivity index (χ1n) is 4.68. The van der Waals surface area contributed by atoms with Gasteiger partial charge in [-0.3, -0.25) is 9.59 Å². The molecule has 4 N–H and O–H groups in total. The summed E-state index contributed by atoms with van der Waals surface area (Å²) in [7, 11) is 1.83. The molecule has 84 valence electrons. The number of amides is 1. The summed E-state index contributed by atoms with van der Waals surface area (Å²) in [6.07, 6.45) is 0.250. The third-order valence-corrected chi connectivity index (χ3v) is 2.03. The van der Waals surface area contributed by atoms with Crippen LogP contribution in [0.15, 0.2) is 35.1 Å². The summed E-state index contributed by atoms with van der Waals surface area (Å²) in [6.45, 7) is 0. The van der Waals surface area contributed by atoms with Gasteiger partial charge in [0.2, 0.25) is 12.0 Å². The number of para-hydroxylation sites is 1. The molecular weight excluding hydrogens is 206 g/mol. The molecule has 0 aliphatic rings. The number of aromatic nitrogens is 1. The molecule has 1 heterocycles. The average Bonchev–Trinajstić information content (AvgIpc) is 2.29. The molecular formula is C11H13N3O2. The third-order valence-electron chi connectivity index (χ3n) is 2.03. The van der Waals surface area contributed by atoms with Crippen molar-refractivity contribution in [2.24, 2.45) is 5.73 Å². The molecule has 16 heavy (non-hydrogen) atoms. The second-order valence-electron chi connectivity index (χ2n) is 2.98. The zero-order valence-corrected chi connectivity index (χ0v) is 8.86. The first-order valence-corrected chi connectivity index (χ1v) is 4.68. The predicted octanol–water partition coefficient (Wildman–Crippen LogP) is 0.671. The maximum Gasteiger partial charge on any atom is 0.248 e. The Hall–Kier alpha value is -2.30. The number of nitrogens with one attached hydrogen (secondary N) is 2. The molecule has 2 aromatic rings. The molecule has 1 amide bonds. The van der Waals surface area contributed by atoms with Gasteiger partial charge in [-0.15, -0.1) is 0 Å². The SMILES string of the molecule is CNc1cccc2ccc(=O)[nH]c12.NC=O. The van der Waals surface area contributed by atoms with Gasteiger partial charge in [0, 0.05) is 18.5 Å². The number of aromatic amines is 1. The molecule has 1 aromatic heterocycles. The minimum atomic E-state index is -0.0739. The van der Waals surface area contributed by atoms with E-state index in [2.05, 4.69) is 16.0 Å². The van der Waals surface area contributed by atoms with E-state index in [0.29, 0.717) is 0 Å². The van der Waals surface area contributed by atoms with Gasteiger partial charge in [0.15, 0.2) is 0 Å². The quantitative estimate of drug-likeness (QED) is 0.616. The monoisotopic (exact) mass is 219 g/mol. The van der Waals surface area contributed by atoms with Crippen LogP contribution in [0.4, 0.5) is 5.69 Å². The molecule has 0 radical (unpaired) electrons. The fraction of sp³-hybridized carbons (Fsp3) is 0.0909. The minimum Gasteiger partial charge on any atom is -0.386 e. The van der Waals surface area contributed by atoms with Crippen molar-refractivity contribution in [1.82, 2.24) is 4.98 Å². The van der Waals surface area contributed by atoms with Crippen LogP contribution >= 0.6 is 0 Å². The Morgan fingerprint density at radius 1 is 1.31 bits per heavy atom. The van der Waals surface area contributed by atoms with Crippen LogP contribution in [0.2, 0.25) is 0 Å². The van der Waals surface area contributed by atoms with Crippen LogP contribution in [0.5, 0.6) is 0 Å². The normalized spacial score (nSPS) is 9.06. The molecule has 0 aliphatic heterocycles. The van der Waals surface area contributed by atoms with E-state index in [1.807, 2.05) is 31.3 Å². The summed E-state index contributed by atoms with van der Waals surface area (Å²) in [4.78, 5) is 22.4. The first-order chi connectivity index (χ1) is 7.72. The number of pyridine rings is 1. The lowest BCUT2D eigenvalue weighted by Crippen LogP contribution is -2.03. The molecule has 0 unspecified atom stereocenters. The van der Waals surface area contributed by atoms with Gasteiger partial charge in [0.25, 0.3) is 0 Å². The highest BCUT2D eigenvalue weighted by Gasteiger charge is 1.98. The summed E-state index contributed by atoms with van der Waals surface area (Å²) in [5.74, 6) is 0. The number of H-pyrrole nitrogens is 1. The second-order valence-corrected chi connectivity index (χ2v) is 2.98. The van der Waals surface area contributed by atoms with Gasteiger partial charge in [-0.05, 0) is 12.1 Å². The van der Waals surface area contributed by atoms with Crippen molar-refractivity contribution in [2.75, 3.05) is 12.4 Å². The van der Waals surface area contributed by atoms with Crippen LogP contribution in [0.1, 0.15) is 0 Å². The minimum absolute atomic E-state index is 0.0739. The lowest BCUT2D eigenvalue weighted by atomic mass is 10.2. The molecule has 0 aliphatic carbocycles. The van der Waals surface area contributed by atoms with E-state index < -0.39 is 0 Å².